The first-order valence-electron chi connectivity index (χ1n) is 14.9. The van der Waals surface area contributed by atoms with Gasteiger partial charge in [-0.1, -0.05) is 12.1 Å². The van der Waals surface area contributed by atoms with Crippen molar-refractivity contribution >= 4 is 29.2 Å². The number of hydrogen-bond acceptors (Lipinski definition) is 7. The Hall–Kier alpha value is -3.83. The molecule has 0 unspecified atom stereocenters. The van der Waals surface area contributed by atoms with Crippen LogP contribution in [0.25, 0.3) is 0 Å². The van der Waals surface area contributed by atoms with Crippen molar-refractivity contribution in [1.82, 2.24) is 20.0 Å². The van der Waals surface area contributed by atoms with Crippen molar-refractivity contribution in [1.29, 1.82) is 0 Å². The Bertz CT molecular complexity index is 1220. The van der Waals surface area contributed by atoms with E-state index < -0.39 is 0 Å². The molecule has 4 amide bonds. The van der Waals surface area contributed by atoms with Crippen LogP contribution in [-0.2, 0) is 16.0 Å². The first-order chi connectivity index (χ1) is 20.5. The van der Waals surface area contributed by atoms with E-state index in [0.717, 1.165) is 49.5 Å². The van der Waals surface area contributed by atoms with Crippen LogP contribution >= 0.6 is 0 Å². The number of nitrogens with zero attached hydrogens (tertiary/aromatic N) is 4. The third kappa shape index (κ3) is 7.51. The van der Waals surface area contributed by atoms with Gasteiger partial charge in [0.25, 0.3) is 5.91 Å². The zero-order valence-corrected chi connectivity index (χ0v) is 24.5. The minimum Gasteiger partial charge on any atom is -0.497 e. The van der Waals surface area contributed by atoms with E-state index in [-0.39, 0.29) is 24.3 Å². The number of hydrogen-bond donors (Lipinski definition) is 2. The molecule has 0 aromatic heterocycles. The second-order valence-corrected chi connectivity index (χ2v) is 10.9. The molecule has 0 saturated carbocycles. The Kier molecular flexibility index (Phi) is 10.1. The van der Waals surface area contributed by atoms with Gasteiger partial charge in [0.2, 0.25) is 5.91 Å². The highest BCUT2D eigenvalue weighted by Gasteiger charge is 2.27. The maximum absolute atomic E-state index is 13.5. The average molecular weight is 579 g/mol. The Morgan fingerprint density at radius 1 is 0.833 bits per heavy atom. The predicted molar refractivity (Wildman–Crippen MR) is 161 cm³/mol. The second kappa shape index (κ2) is 14.4. The van der Waals surface area contributed by atoms with E-state index >= 15 is 0 Å². The molecule has 0 bridgehead atoms. The van der Waals surface area contributed by atoms with Gasteiger partial charge in [-0.05, 0) is 55.3 Å². The maximum Gasteiger partial charge on any atom is 0.320 e. The molecule has 3 fully saturated rings. The normalized spacial score (nSPS) is 18.2. The number of anilines is 2. The number of nitrogens with one attached hydrogen (secondary N) is 2. The van der Waals surface area contributed by atoms with Crippen molar-refractivity contribution in [2.45, 2.75) is 19.3 Å². The molecule has 2 aromatic rings. The molecule has 0 spiro atoms. The quantitative estimate of drug-likeness (QED) is 0.542. The van der Waals surface area contributed by atoms with Crippen molar-refractivity contribution in [2.75, 3.05) is 96.0 Å². The van der Waals surface area contributed by atoms with E-state index in [2.05, 4.69) is 15.5 Å². The van der Waals surface area contributed by atoms with E-state index in [1.165, 1.54) is 0 Å². The fourth-order valence-corrected chi connectivity index (χ4v) is 5.70. The van der Waals surface area contributed by atoms with Gasteiger partial charge in [0.05, 0.1) is 38.1 Å². The molecule has 3 saturated heterocycles. The molecule has 0 atom stereocenters. The lowest BCUT2D eigenvalue weighted by Gasteiger charge is -2.32. The molecule has 2 aromatic carbocycles. The van der Waals surface area contributed by atoms with Crippen LogP contribution in [0.15, 0.2) is 42.5 Å². The summed E-state index contributed by atoms with van der Waals surface area (Å²) in [5.74, 6) is 0.539. The maximum atomic E-state index is 13.5. The van der Waals surface area contributed by atoms with E-state index in [1.807, 2.05) is 57.2 Å². The summed E-state index contributed by atoms with van der Waals surface area (Å²) in [4.78, 5) is 47.7. The summed E-state index contributed by atoms with van der Waals surface area (Å²) in [6, 6.07) is 13.1. The van der Waals surface area contributed by atoms with Crippen molar-refractivity contribution in [3.63, 3.8) is 0 Å². The molecular weight excluding hydrogens is 536 g/mol. The molecule has 11 heteroatoms. The van der Waals surface area contributed by atoms with Gasteiger partial charge in [0.1, 0.15) is 5.75 Å². The molecule has 3 aliphatic heterocycles. The number of benzene rings is 2. The van der Waals surface area contributed by atoms with Crippen LogP contribution in [-0.4, -0.2) is 118 Å². The predicted octanol–water partition coefficient (Wildman–Crippen LogP) is 2.28. The van der Waals surface area contributed by atoms with Crippen molar-refractivity contribution < 1.29 is 23.9 Å². The molecule has 42 heavy (non-hydrogen) atoms. The Balaban J connectivity index is 1.34. The van der Waals surface area contributed by atoms with Gasteiger partial charge < -0.3 is 39.7 Å². The summed E-state index contributed by atoms with van der Waals surface area (Å²) in [6.45, 7) is 8.01. The van der Waals surface area contributed by atoms with Crippen LogP contribution in [0, 0.1) is 0 Å². The minimum atomic E-state index is -0.163. The second-order valence-electron chi connectivity index (χ2n) is 10.9. The minimum absolute atomic E-state index is 0.0333. The number of amides is 4. The van der Waals surface area contributed by atoms with Crippen LogP contribution in [0.2, 0.25) is 0 Å². The van der Waals surface area contributed by atoms with E-state index in [9.17, 15) is 14.4 Å². The van der Waals surface area contributed by atoms with Gasteiger partial charge in [-0.25, -0.2) is 4.79 Å². The first-order valence-corrected chi connectivity index (χ1v) is 14.9. The summed E-state index contributed by atoms with van der Waals surface area (Å²) < 4.78 is 10.6. The van der Waals surface area contributed by atoms with E-state index in [1.54, 1.807) is 7.11 Å². The van der Waals surface area contributed by atoms with Crippen LogP contribution in [0.1, 0.15) is 28.8 Å². The summed E-state index contributed by atoms with van der Waals surface area (Å²) in [7, 11) is 1.61. The molecule has 3 heterocycles. The summed E-state index contributed by atoms with van der Waals surface area (Å²) >= 11 is 0. The van der Waals surface area contributed by atoms with Crippen molar-refractivity contribution in [2.24, 2.45) is 0 Å². The highest BCUT2D eigenvalue weighted by Crippen LogP contribution is 2.30. The largest absolute Gasteiger partial charge is 0.497 e. The summed E-state index contributed by atoms with van der Waals surface area (Å²) in [5, 5.41) is 6.44. The molecule has 226 valence electrons. The smallest absolute Gasteiger partial charge is 0.320 e. The molecular formula is C31H42N6O5. The molecule has 3 aliphatic rings. The molecule has 5 rings (SSSR count). The summed E-state index contributed by atoms with van der Waals surface area (Å²) in [5.41, 5.74) is 2.89. The number of morpholine rings is 1. The lowest BCUT2D eigenvalue weighted by molar-refractivity contribution is -0.115. The Morgan fingerprint density at radius 2 is 1.60 bits per heavy atom. The number of ether oxygens (including phenoxy) is 2. The summed E-state index contributed by atoms with van der Waals surface area (Å²) in [6.07, 6.45) is 1.90. The standard InChI is InChI=1S/C31H42N6O5/c1-41-26-7-4-24(5-8-26)22-29(38)33-27-23-25(30(39)35-12-2-10-32-11-15-35)6-9-28(27)34-13-3-14-36(17-16-34)31(40)37-18-20-42-21-19-37/h4-9,23,32H,2-3,10-22H2,1H3,(H,33,38). The number of carbonyl (C=O) groups excluding carboxylic acids is 3. The monoisotopic (exact) mass is 578 g/mol. The topological polar surface area (TPSA) is 107 Å². The van der Waals surface area contributed by atoms with Gasteiger partial charge in [-0.3, -0.25) is 9.59 Å². The van der Waals surface area contributed by atoms with Crippen molar-refractivity contribution in [3.05, 3.63) is 53.6 Å². The lowest BCUT2D eigenvalue weighted by atomic mass is 10.1. The van der Waals surface area contributed by atoms with Crippen molar-refractivity contribution in [3.8, 4) is 5.75 Å². The van der Waals surface area contributed by atoms with Gasteiger partial charge in [0, 0.05) is 64.5 Å². The molecule has 11 nitrogen and oxygen atoms in total. The van der Waals surface area contributed by atoms with Gasteiger partial charge >= 0.3 is 6.03 Å². The fraction of sp³-hybridized carbons (Fsp3) is 0.516. The average Bonchev–Trinajstić information content (AvgIpc) is 3.45. The third-order valence-electron chi connectivity index (χ3n) is 8.06. The van der Waals surface area contributed by atoms with E-state index in [4.69, 9.17) is 9.47 Å². The number of carbonyl (C=O) groups is 3. The van der Waals surface area contributed by atoms with Crippen LogP contribution in [0.5, 0.6) is 5.75 Å². The molecule has 0 radical (unpaired) electrons. The molecule has 0 aliphatic carbocycles. The van der Waals surface area contributed by atoms with Crippen LogP contribution in [0.3, 0.4) is 0 Å². The number of rotatable bonds is 6. The van der Waals surface area contributed by atoms with Gasteiger partial charge in [-0.2, -0.15) is 0 Å². The lowest BCUT2D eigenvalue weighted by Crippen LogP contribution is -2.49. The van der Waals surface area contributed by atoms with Gasteiger partial charge in [-0.15, -0.1) is 0 Å². The SMILES string of the molecule is COc1ccc(CC(=O)Nc2cc(C(=O)N3CCCNCC3)ccc2N2CCCN(C(=O)N3CCOCC3)CC2)cc1. The fourth-order valence-electron chi connectivity index (χ4n) is 5.70. The van der Waals surface area contributed by atoms with Gasteiger partial charge in [0.15, 0.2) is 0 Å². The zero-order valence-electron chi connectivity index (χ0n) is 24.5. The van der Waals surface area contributed by atoms with E-state index in [0.29, 0.717) is 70.3 Å². The highest BCUT2D eigenvalue weighted by molar-refractivity contribution is 6.00. The number of methoxy groups -OCH3 is 1. The Morgan fingerprint density at radius 3 is 2.38 bits per heavy atom. The molecule has 2 N–H and O–H groups in total. The zero-order chi connectivity index (χ0) is 29.3. The van der Waals surface area contributed by atoms with Crippen LogP contribution < -0.4 is 20.3 Å². The number of urea groups is 1. The van der Waals surface area contributed by atoms with Crippen LogP contribution in [0.4, 0.5) is 16.2 Å². The Labute approximate surface area is 247 Å². The highest BCUT2D eigenvalue weighted by atomic mass is 16.5. The third-order valence-corrected chi connectivity index (χ3v) is 8.06. The first kappa shape index (κ1) is 29.7.